The standard InChI is InChI=1S/C19H34O6/c1-7-14(10-17(22)25-19(4,5)6)9-8-12(2)23-18-16(21)11-15(20)13(3)24-18/h7,12-16,18,20-21H,1,8-11H2,2-6H3/t12-,13+,14-,15-,16-,18-/m1/s1. The molecule has 1 rings (SSSR count). The van der Waals surface area contributed by atoms with Gasteiger partial charge in [0.2, 0.25) is 0 Å². The molecule has 2 N–H and O–H groups in total. The fraction of sp³-hybridized carbons (Fsp3) is 0.842. The highest BCUT2D eigenvalue weighted by atomic mass is 16.7. The van der Waals surface area contributed by atoms with E-state index in [-0.39, 0.29) is 30.5 Å². The first-order chi connectivity index (χ1) is 11.5. The van der Waals surface area contributed by atoms with Gasteiger partial charge in [0, 0.05) is 6.42 Å². The van der Waals surface area contributed by atoms with Crippen LogP contribution in [0.5, 0.6) is 0 Å². The van der Waals surface area contributed by atoms with Crippen LogP contribution in [0.1, 0.15) is 60.3 Å². The minimum atomic E-state index is -0.842. The minimum Gasteiger partial charge on any atom is -0.460 e. The van der Waals surface area contributed by atoms with Gasteiger partial charge < -0.3 is 24.4 Å². The molecule has 0 radical (unpaired) electrons. The van der Waals surface area contributed by atoms with Crippen LogP contribution in [0.25, 0.3) is 0 Å². The molecule has 0 unspecified atom stereocenters. The van der Waals surface area contributed by atoms with E-state index in [9.17, 15) is 15.0 Å². The molecule has 0 aromatic rings. The SMILES string of the molecule is C=C[C@H](CC[C@@H](C)O[C@@H]1O[C@@H](C)[C@H](O)C[C@H]1O)CC(=O)OC(C)(C)C. The number of ether oxygens (including phenoxy) is 3. The van der Waals surface area contributed by atoms with Gasteiger partial charge in [-0.15, -0.1) is 6.58 Å². The van der Waals surface area contributed by atoms with Crippen molar-refractivity contribution >= 4 is 5.97 Å². The van der Waals surface area contributed by atoms with Crippen LogP contribution in [-0.4, -0.2) is 52.5 Å². The number of hydrogen-bond donors (Lipinski definition) is 2. The molecule has 0 aliphatic carbocycles. The number of carbonyl (C=O) groups excluding carboxylic acids is 1. The van der Waals surface area contributed by atoms with Crippen molar-refractivity contribution in [1.82, 2.24) is 0 Å². The van der Waals surface area contributed by atoms with Gasteiger partial charge in [0.1, 0.15) is 11.7 Å². The second-order valence-electron chi connectivity index (χ2n) is 7.89. The van der Waals surface area contributed by atoms with E-state index in [4.69, 9.17) is 14.2 Å². The highest BCUT2D eigenvalue weighted by molar-refractivity contribution is 5.70. The highest BCUT2D eigenvalue weighted by Crippen LogP contribution is 2.24. The maximum Gasteiger partial charge on any atom is 0.306 e. The fourth-order valence-corrected chi connectivity index (χ4v) is 2.71. The summed E-state index contributed by atoms with van der Waals surface area (Å²) < 4.78 is 16.6. The first-order valence-corrected chi connectivity index (χ1v) is 9.03. The Kier molecular flexibility index (Phi) is 8.54. The smallest absolute Gasteiger partial charge is 0.306 e. The molecule has 0 aromatic heterocycles. The van der Waals surface area contributed by atoms with Gasteiger partial charge in [-0.1, -0.05) is 6.08 Å². The Labute approximate surface area is 151 Å². The number of aliphatic hydroxyl groups excluding tert-OH is 2. The monoisotopic (exact) mass is 358 g/mol. The molecule has 0 aromatic carbocycles. The first-order valence-electron chi connectivity index (χ1n) is 9.03. The van der Waals surface area contributed by atoms with E-state index < -0.39 is 24.1 Å². The lowest BCUT2D eigenvalue weighted by atomic mass is 9.97. The fourth-order valence-electron chi connectivity index (χ4n) is 2.71. The van der Waals surface area contributed by atoms with Gasteiger partial charge in [-0.3, -0.25) is 4.79 Å². The zero-order chi connectivity index (χ0) is 19.2. The van der Waals surface area contributed by atoms with Crippen molar-refractivity contribution in [3.8, 4) is 0 Å². The number of hydrogen-bond acceptors (Lipinski definition) is 6. The van der Waals surface area contributed by atoms with Gasteiger partial charge in [0.25, 0.3) is 0 Å². The minimum absolute atomic E-state index is 0.0128. The van der Waals surface area contributed by atoms with E-state index in [0.717, 1.165) is 6.42 Å². The molecule has 0 bridgehead atoms. The summed E-state index contributed by atoms with van der Waals surface area (Å²) in [5.74, 6) is -0.223. The van der Waals surface area contributed by atoms with E-state index in [1.54, 1.807) is 13.0 Å². The Morgan fingerprint density at radius 2 is 1.96 bits per heavy atom. The molecule has 6 atom stereocenters. The van der Waals surface area contributed by atoms with Crippen molar-refractivity contribution in [2.75, 3.05) is 0 Å². The molecule has 0 spiro atoms. The van der Waals surface area contributed by atoms with E-state index in [0.29, 0.717) is 12.8 Å². The van der Waals surface area contributed by atoms with Crippen molar-refractivity contribution in [3.05, 3.63) is 12.7 Å². The molecule has 1 heterocycles. The molecule has 146 valence electrons. The molecular weight excluding hydrogens is 324 g/mol. The first kappa shape index (κ1) is 22.1. The second-order valence-corrected chi connectivity index (χ2v) is 7.89. The van der Waals surface area contributed by atoms with E-state index in [2.05, 4.69) is 6.58 Å². The summed E-state index contributed by atoms with van der Waals surface area (Å²) in [7, 11) is 0. The largest absolute Gasteiger partial charge is 0.460 e. The summed E-state index contributed by atoms with van der Waals surface area (Å²) in [4.78, 5) is 11.9. The van der Waals surface area contributed by atoms with Crippen molar-refractivity contribution in [2.45, 2.75) is 96.6 Å². The van der Waals surface area contributed by atoms with Crippen LogP contribution in [0, 0.1) is 5.92 Å². The Balaban J connectivity index is 2.39. The number of rotatable bonds is 8. The van der Waals surface area contributed by atoms with Crippen molar-refractivity contribution in [1.29, 1.82) is 0 Å². The quantitative estimate of drug-likeness (QED) is 0.512. The number of aliphatic hydroxyl groups is 2. The normalized spacial score (nSPS) is 29.7. The van der Waals surface area contributed by atoms with Gasteiger partial charge in [-0.2, -0.15) is 0 Å². The molecule has 1 aliphatic heterocycles. The third-order valence-electron chi connectivity index (χ3n) is 4.18. The van der Waals surface area contributed by atoms with E-state index in [1.807, 2.05) is 27.7 Å². The van der Waals surface area contributed by atoms with Crippen LogP contribution in [-0.2, 0) is 19.0 Å². The zero-order valence-corrected chi connectivity index (χ0v) is 16.1. The predicted octanol–water partition coefficient (Wildman–Crippen LogP) is 2.56. The Morgan fingerprint density at radius 1 is 1.32 bits per heavy atom. The maximum absolute atomic E-state index is 11.9. The number of allylic oxidation sites excluding steroid dienone is 1. The molecule has 25 heavy (non-hydrogen) atoms. The van der Waals surface area contributed by atoms with Crippen molar-refractivity contribution < 1.29 is 29.2 Å². The average molecular weight is 358 g/mol. The van der Waals surface area contributed by atoms with Crippen molar-refractivity contribution in [3.63, 3.8) is 0 Å². The van der Waals surface area contributed by atoms with Gasteiger partial charge in [-0.25, -0.2) is 0 Å². The van der Waals surface area contributed by atoms with Crippen molar-refractivity contribution in [2.24, 2.45) is 5.92 Å². The van der Waals surface area contributed by atoms with E-state index >= 15 is 0 Å². The topological polar surface area (TPSA) is 85.2 Å². The molecule has 1 fully saturated rings. The van der Waals surface area contributed by atoms with Gasteiger partial charge in [0.15, 0.2) is 6.29 Å². The summed E-state index contributed by atoms with van der Waals surface area (Å²) in [6.07, 6.45) is 0.953. The lowest BCUT2D eigenvalue weighted by molar-refractivity contribution is -0.273. The van der Waals surface area contributed by atoms with Gasteiger partial charge in [-0.05, 0) is 53.4 Å². The van der Waals surface area contributed by atoms with Crippen LogP contribution in [0.3, 0.4) is 0 Å². The molecule has 6 nitrogen and oxygen atoms in total. The molecule has 1 saturated heterocycles. The maximum atomic E-state index is 11.9. The Hall–Kier alpha value is -0.950. The lowest BCUT2D eigenvalue weighted by Crippen LogP contribution is -2.48. The van der Waals surface area contributed by atoms with Crippen LogP contribution < -0.4 is 0 Å². The third kappa shape index (κ3) is 8.31. The summed E-state index contributed by atoms with van der Waals surface area (Å²) in [6.45, 7) is 13.0. The summed E-state index contributed by atoms with van der Waals surface area (Å²) in [5, 5.41) is 19.6. The van der Waals surface area contributed by atoms with Gasteiger partial charge >= 0.3 is 5.97 Å². The third-order valence-corrected chi connectivity index (χ3v) is 4.18. The predicted molar refractivity (Wildman–Crippen MR) is 94.9 cm³/mol. The summed E-state index contributed by atoms with van der Waals surface area (Å²) >= 11 is 0. The number of esters is 1. The molecule has 6 heteroatoms. The number of carbonyl (C=O) groups is 1. The van der Waals surface area contributed by atoms with Crippen LogP contribution in [0.4, 0.5) is 0 Å². The lowest BCUT2D eigenvalue weighted by Gasteiger charge is -2.36. The second kappa shape index (κ2) is 9.67. The van der Waals surface area contributed by atoms with Crippen LogP contribution in [0.2, 0.25) is 0 Å². The zero-order valence-electron chi connectivity index (χ0n) is 16.1. The van der Waals surface area contributed by atoms with Crippen LogP contribution in [0.15, 0.2) is 12.7 Å². The molecule has 0 amide bonds. The average Bonchev–Trinajstić information content (AvgIpc) is 2.47. The summed E-state index contributed by atoms with van der Waals surface area (Å²) in [6, 6.07) is 0. The summed E-state index contributed by atoms with van der Waals surface area (Å²) in [5.41, 5.74) is -0.491. The Bertz CT molecular complexity index is 430. The Morgan fingerprint density at radius 3 is 2.52 bits per heavy atom. The molecule has 1 aliphatic rings. The highest BCUT2D eigenvalue weighted by Gasteiger charge is 2.35. The van der Waals surface area contributed by atoms with E-state index in [1.165, 1.54) is 0 Å². The molecule has 0 saturated carbocycles. The molecular formula is C19H34O6. The van der Waals surface area contributed by atoms with Crippen LogP contribution >= 0.6 is 0 Å². The van der Waals surface area contributed by atoms with Gasteiger partial charge in [0.05, 0.1) is 24.7 Å².